The summed E-state index contributed by atoms with van der Waals surface area (Å²) < 4.78 is 5.24. The number of rotatable bonds is 10. The Labute approximate surface area is 190 Å². The second-order valence-corrected chi connectivity index (χ2v) is 8.51. The number of hydrogen-bond acceptors (Lipinski definition) is 6. The highest BCUT2D eigenvalue weighted by Crippen LogP contribution is 2.25. The lowest BCUT2D eigenvalue weighted by atomic mass is 10.0. The molecule has 9 heteroatoms. The number of carbonyl (C=O) groups is 3. The van der Waals surface area contributed by atoms with Crippen molar-refractivity contribution in [2.45, 2.75) is 65.1 Å². The largest absolute Gasteiger partial charge is 0.508 e. The number of hydrogen-bond donors (Lipinski definition) is 4. The standard InChI is InChI=1S/C22H35N3O5S/c1-6-8-12-23-19(27)18(15-10-9-11-16(26)13-15)25(7-2)20(28)17(14-31)24-21(29)30-22(3,4)5/h9-11,13,17-18,26,31H,6-8,12,14H2,1-5H3,(H,23,27)(H,24,29). The summed E-state index contributed by atoms with van der Waals surface area (Å²) in [5.74, 6) is -0.810. The Bertz CT molecular complexity index is 751. The highest BCUT2D eigenvalue weighted by atomic mass is 32.1. The number of ether oxygens (including phenoxy) is 1. The second-order valence-electron chi connectivity index (χ2n) is 8.15. The van der Waals surface area contributed by atoms with E-state index < -0.39 is 29.7 Å². The summed E-state index contributed by atoms with van der Waals surface area (Å²) in [5.41, 5.74) is -0.249. The van der Waals surface area contributed by atoms with Crippen LogP contribution in [0.1, 0.15) is 59.1 Å². The highest BCUT2D eigenvalue weighted by Gasteiger charge is 2.35. The van der Waals surface area contributed by atoms with Crippen LogP contribution in [0, 0.1) is 0 Å². The zero-order chi connectivity index (χ0) is 23.6. The van der Waals surface area contributed by atoms with Gasteiger partial charge in [-0.1, -0.05) is 25.5 Å². The number of benzene rings is 1. The number of likely N-dealkylation sites (N-methyl/N-ethyl adjacent to an activating group) is 1. The van der Waals surface area contributed by atoms with Gasteiger partial charge in [-0.15, -0.1) is 0 Å². The Morgan fingerprint density at radius 3 is 2.42 bits per heavy atom. The molecule has 0 bridgehead atoms. The molecule has 3 N–H and O–H groups in total. The fourth-order valence-electron chi connectivity index (χ4n) is 2.95. The molecule has 0 aromatic heterocycles. The van der Waals surface area contributed by atoms with Crippen LogP contribution in [0.3, 0.4) is 0 Å². The first kappa shape index (κ1) is 26.6. The first-order valence-electron chi connectivity index (χ1n) is 10.5. The van der Waals surface area contributed by atoms with Gasteiger partial charge in [0.15, 0.2) is 0 Å². The predicted molar refractivity (Wildman–Crippen MR) is 123 cm³/mol. The number of unbranched alkanes of at least 4 members (excludes halogenated alkanes) is 1. The van der Waals surface area contributed by atoms with Crippen molar-refractivity contribution in [1.82, 2.24) is 15.5 Å². The third-order valence-electron chi connectivity index (χ3n) is 4.37. The quantitative estimate of drug-likeness (QED) is 0.322. The van der Waals surface area contributed by atoms with Gasteiger partial charge in [0.25, 0.3) is 0 Å². The number of phenols is 1. The highest BCUT2D eigenvalue weighted by molar-refractivity contribution is 7.80. The van der Waals surface area contributed by atoms with Gasteiger partial charge < -0.3 is 25.4 Å². The molecule has 0 aliphatic heterocycles. The average Bonchev–Trinajstić information content (AvgIpc) is 2.68. The first-order valence-corrected chi connectivity index (χ1v) is 11.1. The molecule has 2 unspecified atom stereocenters. The molecule has 0 saturated heterocycles. The third kappa shape index (κ3) is 8.69. The van der Waals surface area contributed by atoms with Gasteiger partial charge in [0.05, 0.1) is 0 Å². The van der Waals surface area contributed by atoms with Crippen LogP contribution in [0.2, 0.25) is 0 Å². The molecule has 1 aromatic rings. The molecule has 3 amide bonds. The van der Waals surface area contributed by atoms with E-state index in [9.17, 15) is 19.5 Å². The van der Waals surface area contributed by atoms with E-state index in [2.05, 4.69) is 23.3 Å². The number of nitrogens with one attached hydrogen (secondary N) is 2. The fourth-order valence-corrected chi connectivity index (χ4v) is 3.20. The van der Waals surface area contributed by atoms with Crippen molar-refractivity contribution >= 4 is 30.5 Å². The molecular formula is C22H35N3O5S. The van der Waals surface area contributed by atoms with Crippen LogP contribution in [0.25, 0.3) is 0 Å². The summed E-state index contributed by atoms with van der Waals surface area (Å²) >= 11 is 4.21. The molecule has 0 saturated carbocycles. The Morgan fingerprint density at radius 2 is 1.90 bits per heavy atom. The van der Waals surface area contributed by atoms with E-state index in [4.69, 9.17) is 4.74 Å². The van der Waals surface area contributed by atoms with Crippen LogP contribution in [-0.4, -0.2) is 58.4 Å². The number of thiol groups is 1. The summed E-state index contributed by atoms with van der Waals surface area (Å²) in [4.78, 5) is 39.9. The maximum absolute atomic E-state index is 13.3. The number of alkyl carbamates (subject to hydrolysis) is 1. The van der Waals surface area contributed by atoms with Gasteiger partial charge in [-0.2, -0.15) is 12.6 Å². The van der Waals surface area contributed by atoms with E-state index in [-0.39, 0.29) is 24.0 Å². The number of nitrogens with zero attached hydrogens (tertiary/aromatic N) is 1. The predicted octanol–water partition coefficient (Wildman–Crippen LogP) is 3.02. The van der Waals surface area contributed by atoms with Crippen molar-refractivity contribution < 1.29 is 24.2 Å². The Hall–Kier alpha value is -2.42. The zero-order valence-corrected chi connectivity index (χ0v) is 19.9. The molecule has 1 rings (SSSR count). The molecule has 31 heavy (non-hydrogen) atoms. The Kier molecular flexibility index (Phi) is 10.7. The van der Waals surface area contributed by atoms with Crippen LogP contribution >= 0.6 is 12.6 Å². The van der Waals surface area contributed by atoms with Crippen molar-refractivity contribution in [1.29, 1.82) is 0 Å². The van der Waals surface area contributed by atoms with E-state index in [0.29, 0.717) is 12.1 Å². The minimum absolute atomic E-state index is 0.00927. The topological polar surface area (TPSA) is 108 Å². The Balaban J connectivity index is 3.18. The van der Waals surface area contributed by atoms with Crippen LogP contribution < -0.4 is 10.6 Å². The molecule has 0 fully saturated rings. The molecular weight excluding hydrogens is 418 g/mol. The number of phenolic OH excluding ortho intramolecular Hbond substituents is 1. The van der Waals surface area contributed by atoms with Gasteiger partial charge in [0.2, 0.25) is 11.8 Å². The summed E-state index contributed by atoms with van der Waals surface area (Å²) in [6.45, 7) is 9.61. The van der Waals surface area contributed by atoms with Gasteiger partial charge in [-0.05, 0) is 51.8 Å². The van der Waals surface area contributed by atoms with Gasteiger partial charge in [-0.3, -0.25) is 9.59 Å². The van der Waals surface area contributed by atoms with Crippen LogP contribution in [0.15, 0.2) is 24.3 Å². The summed E-state index contributed by atoms with van der Waals surface area (Å²) in [6, 6.07) is 4.29. The second kappa shape index (κ2) is 12.4. The van der Waals surface area contributed by atoms with Crippen molar-refractivity contribution in [2.24, 2.45) is 0 Å². The molecule has 0 heterocycles. The van der Waals surface area contributed by atoms with E-state index in [1.807, 2.05) is 6.92 Å². The lowest BCUT2D eigenvalue weighted by molar-refractivity contribution is -0.141. The third-order valence-corrected chi connectivity index (χ3v) is 4.74. The fraction of sp³-hybridized carbons (Fsp3) is 0.591. The van der Waals surface area contributed by atoms with Gasteiger partial charge in [0, 0.05) is 18.8 Å². The van der Waals surface area contributed by atoms with Crippen molar-refractivity contribution in [3.8, 4) is 5.75 Å². The number of carbonyl (C=O) groups excluding carboxylic acids is 3. The maximum atomic E-state index is 13.3. The minimum Gasteiger partial charge on any atom is -0.508 e. The number of amides is 3. The van der Waals surface area contributed by atoms with Crippen molar-refractivity contribution in [3.63, 3.8) is 0 Å². The smallest absolute Gasteiger partial charge is 0.408 e. The molecule has 8 nitrogen and oxygen atoms in total. The molecule has 0 aliphatic rings. The molecule has 2 atom stereocenters. The summed E-state index contributed by atoms with van der Waals surface area (Å²) in [6.07, 6.45) is 0.977. The normalized spacial score (nSPS) is 13.1. The molecule has 0 radical (unpaired) electrons. The lowest BCUT2D eigenvalue weighted by Crippen LogP contribution is -2.53. The molecule has 174 valence electrons. The molecule has 1 aromatic carbocycles. The van der Waals surface area contributed by atoms with Crippen LogP contribution in [-0.2, 0) is 14.3 Å². The lowest BCUT2D eigenvalue weighted by Gasteiger charge is -2.33. The monoisotopic (exact) mass is 453 g/mol. The van der Waals surface area contributed by atoms with Crippen molar-refractivity contribution in [3.05, 3.63) is 29.8 Å². The maximum Gasteiger partial charge on any atom is 0.408 e. The summed E-state index contributed by atoms with van der Waals surface area (Å²) in [5, 5.41) is 15.3. The summed E-state index contributed by atoms with van der Waals surface area (Å²) in [7, 11) is 0. The van der Waals surface area contributed by atoms with E-state index in [1.165, 1.54) is 17.0 Å². The molecule has 0 spiro atoms. The van der Waals surface area contributed by atoms with Gasteiger partial charge >= 0.3 is 6.09 Å². The zero-order valence-electron chi connectivity index (χ0n) is 19.0. The average molecular weight is 454 g/mol. The minimum atomic E-state index is -0.985. The van der Waals surface area contributed by atoms with Crippen LogP contribution in [0.5, 0.6) is 5.75 Å². The van der Waals surface area contributed by atoms with E-state index in [0.717, 1.165) is 12.8 Å². The van der Waals surface area contributed by atoms with E-state index >= 15 is 0 Å². The first-order chi connectivity index (χ1) is 14.5. The SMILES string of the molecule is CCCCNC(=O)C(c1cccc(O)c1)N(CC)C(=O)C(CS)NC(=O)OC(C)(C)C. The van der Waals surface area contributed by atoms with Crippen molar-refractivity contribution in [2.75, 3.05) is 18.8 Å². The van der Waals surface area contributed by atoms with Gasteiger partial charge in [-0.25, -0.2) is 4.79 Å². The molecule has 0 aliphatic carbocycles. The van der Waals surface area contributed by atoms with Crippen LogP contribution in [0.4, 0.5) is 4.79 Å². The number of aromatic hydroxyl groups is 1. The van der Waals surface area contributed by atoms with E-state index in [1.54, 1.807) is 39.8 Å². The Morgan fingerprint density at radius 1 is 1.23 bits per heavy atom. The van der Waals surface area contributed by atoms with Gasteiger partial charge in [0.1, 0.15) is 23.4 Å².